The minimum Gasteiger partial charge on any atom is -0.327 e. The Morgan fingerprint density at radius 3 is 2.74 bits per heavy atom. The lowest BCUT2D eigenvalue weighted by atomic mass is 10.1. The predicted octanol–water partition coefficient (Wildman–Crippen LogP) is 2.83. The maximum Gasteiger partial charge on any atom is 0.0718 e. The van der Waals surface area contributed by atoms with Crippen LogP contribution in [0, 0.1) is 5.92 Å². The molecule has 0 aliphatic rings. The molecule has 3 nitrogen and oxygen atoms in total. The van der Waals surface area contributed by atoms with E-state index in [1.165, 1.54) is 16.7 Å². The zero-order chi connectivity index (χ0) is 13.8. The highest BCUT2D eigenvalue weighted by atomic mass is 32.2. The highest BCUT2D eigenvalue weighted by Gasteiger charge is 2.12. The van der Waals surface area contributed by atoms with E-state index in [0.29, 0.717) is 0 Å². The summed E-state index contributed by atoms with van der Waals surface area (Å²) in [4.78, 5) is 0. The fraction of sp³-hybridized carbons (Fsp3) is 0.533. The molecule has 4 heteroatoms. The number of nitrogens with zero attached hydrogens (tertiary/aromatic N) is 2. The van der Waals surface area contributed by atoms with Gasteiger partial charge in [0.15, 0.2) is 0 Å². The third kappa shape index (κ3) is 3.74. The number of fused-ring (bicyclic) bond motifs is 1. The summed E-state index contributed by atoms with van der Waals surface area (Å²) in [6, 6.07) is 8.52. The van der Waals surface area contributed by atoms with Crippen LogP contribution < -0.4 is 5.73 Å². The Hall–Kier alpha value is -1.00. The standard InChI is InChI=1S/C15H23N3S/c1-11(2)9-19-10-12(16)8-14-13-6-4-5-7-15(13)18(3)17-14/h4-7,11-12H,8-10,16H2,1-3H3. The number of benzene rings is 1. The highest BCUT2D eigenvalue weighted by molar-refractivity contribution is 7.99. The van der Waals surface area contributed by atoms with Crippen LogP contribution in [-0.4, -0.2) is 27.3 Å². The molecule has 0 saturated carbocycles. The van der Waals surface area contributed by atoms with Crippen molar-refractivity contribution < 1.29 is 0 Å². The van der Waals surface area contributed by atoms with E-state index in [9.17, 15) is 0 Å². The van der Waals surface area contributed by atoms with Gasteiger partial charge in [-0.05, 0) is 17.7 Å². The SMILES string of the molecule is CC(C)CSCC(N)Cc1nn(C)c2ccccc12. The largest absolute Gasteiger partial charge is 0.327 e. The van der Waals surface area contributed by atoms with Gasteiger partial charge in [-0.1, -0.05) is 32.0 Å². The van der Waals surface area contributed by atoms with Crippen molar-refractivity contribution in [2.24, 2.45) is 18.7 Å². The summed E-state index contributed by atoms with van der Waals surface area (Å²) in [6.07, 6.45) is 0.854. The molecule has 19 heavy (non-hydrogen) atoms. The molecular formula is C15H23N3S. The average Bonchev–Trinajstić information content (AvgIpc) is 2.66. The number of aromatic nitrogens is 2. The van der Waals surface area contributed by atoms with Gasteiger partial charge in [-0.15, -0.1) is 0 Å². The van der Waals surface area contributed by atoms with E-state index in [4.69, 9.17) is 5.73 Å². The van der Waals surface area contributed by atoms with Gasteiger partial charge >= 0.3 is 0 Å². The quantitative estimate of drug-likeness (QED) is 0.883. The Morgan fingerprint density at radius 2 is 2.00 bits per heavy atom. The second-order valence-electron chi connectivity index (χ2n) is 5.48. The minimum atomic E-state index is 0.182. The number of nitrogens with two attached hydrogens (primary N) is 1. The van der Waals surface area contributed by atoms with Crippen LogP contribution in [0.2, 0.25) is 0 Å². The summed E-state index contributed by atoms with van der Waals surface area (Å²) in [7, 11) is 1.99. The second-order valence-corrected chi connectivity index (χ2v) is 6.56. The number of aryl methyl sites for hydroxylation is 1. The van der Waals surface area contributed by atoms with Crippen LogP contribution >= 0.6 is 11.8 Å². The van der Waals surface area contributed by atoms with Crippen molar-refractivity contribution in [3.05, 3.63) is 30.0 Å². The number of rotatable bonds is 6. The van der Waals surface area contributed by atoms with Gasteiger partial charge in [0.25, 0.3) is 0 Å². The molecule has 104 valence electrons. The Balaban J connectivity index is 2.01. The monoisotopic (exact) mass is 277 g/mol. The average molecular weight is 277 g/mol. The van der Waals surface area contributed by atoms with Gasteiger partial charge in [-0.3, -0.25) is 4.68 Å². The van der Waals surface area contributed by atoms with Crippen molar-refractivity contribution in [3.8, 4) is 0 Å². The number of hydrogen-bond donors (Lipinski definition) is 1. The zero-order valence-electron chi connectivity index (χ0n) is 12.0. The molecule has 1 atom stereocenters. The van der Waals surface area contributed by atoms with Gasteiger partial charge < -0.3 is 5.73 Å². The van der Waals surface area contributed by atoms with Crippen LogP contribution in [-0.2, 0) is 13.5 Å². The Morgan fingerprint density at radius 1 is 1.26 bits per heavy atom. The fourth-order valence-corrected chi connectivity index (χ4v) is 3.23. The molecule has 2 rings (SSSR count). The third-order valence-electron chi connectivity index (χ3n) is 3.07. The van der Waals surface area contributed by atoms with E-state index in [0.717, 1.165) is 23.8 Å². The van der Waals surface area contributed by atoms with Crippen LogP contribution in [0.5, 0.6) is 0 Å². The minimum absolute atomic E-state index is 0.182. The zero-order valence-corrected chi connectivity index (χ0v) is 12.8. The Labute approximate surface area is 119 Å². The van der Waals surface area contributed by atoms with Crippen LogP contribution in [0.1, 0.15) is 19.5 Å². The molecule has 0 amide bonds. The molecule has 0 radical (unpaired) electrons. The van der Waals surface area contributed by atoms with E-state index in [1.54, 1.807) is 0 Å². The highest BCUT2D eigenvalue weighted by Crippen LogP contribution is 2.19. The first kappa shape index (κ1) is 14.4. The van der Waals surface area contributed by atoms with Crippen LogP contribution in [0.4, 0.5) is 0 Å². The number of hydrogen-bond acceptors (Lipinski definition) is 3. The summed E-state index contributed by atoms with van der Waals surface area (Å²) < 4.78 is 1.94. The molecule has 0 spiro atoms. The Kier molecular flexibility index (Phi) is 4.88. The van der Waals surface area contributed by atoms with E-state index in [-0.39, 0.29) is 6.04 Å². The number of thioether (sulfide) groups is 1. The lowest BCUT2D eigenvalue weighted by Crippen LogP contribution is -2.26. The van der Waals surface area contributed by atoms with Gasteiger partial charge in [-0.25, -0.2) is 0 Å². The van der Waals surface area contributed by atoms with Crippen molar-refractivity contribution in [2.45, 2.75) is 26.3 Å². The second kappa shape index (κ2) is 6.44. The molecule has 0 saturated heterocycles. The number of para-hydroxylation sites is 1. The molecule has 2 N–H and O–H groups in total. The van der Waals surface area contributed by atoms with Gasteiger partial charge in [0.05, 0.1) is 11.2 Å². The molecule has 1 aromatic carbocycles. The van der Waals surface area contributed by atoms with Crippen molar-refractivity contribution in [3.63, 3.8) is 0 Å². The van der Waals surface area contributed by atoms with Gasteiger partial charge in [0.2, 0.25) is 0 Å². The van der Waals surface area contributed by atoms with Crippen molar-refractivity contribution >= 4 is 22.7 Å². The lowest BCUT2D eigenvalue weighted by Gasteiger charge is -2.11. The molecule has 0 aliphatic carbocycles. The summed E-state index contributed by atoms with van der Waals surface area (Å²) in [5.41, 5.74) is 8.52. The van der Waals surface area contributed by atoms with E-state index >= 15 is 0 Å². The lowest BCUT2D eigenvalue weighted by molar-refractivity contribution is 0.696. The van der Waals surface area contributed by atoms with Crippen LogP contribution in [0.3, 0.4) is 0 Å². The third-order valence-corrected chi connectivity index (χ3v) is 4.64. The predicted molar refractivity (Wildman–Crippen MR) is 84.6 cm³/mol. The molecule has 2 aromatic rings. The molecular weight excluding hydrogens is 254 g/mol. The molecule has 0 bridgehead atoms. The maximum absolute atomic E-state index is 6.22. The fourth-order valence-electron chi connectivity index (χ4n) is 2.20. The smallest absolute Gasteiger partial charge is 0.0718 e. The summed E-state index contributed by atoms with van der Waals surface area (Å²) in [6.45, 7) is 4.48. The summed E-state index contributed by atoms with van der Waals surface area (Å²) in [5, 5.41) is 5.83. The topological polar surface area (TPSA) is 43.8 Å². The molecule has 0 fully saturated rings. The van der Waals surface area contributed by atoms with Gasteiger partial charge in [0, 0.05) is 30.6 Å². The molecule has 1 heterocycles. The van der Waals surface area contributed by atoms with Gasteiger partial charge in [-0.2, -0.15) is 16.9 Å². The van der Waals surface area contributed by atoms with Crippen molar-refractivity contribution in [2.75, 3.05) is 11.5 Å². The van der Waals surface area contributed by atoms with Gasteiger partial charge in [0.1, 0.15) is 0 Å². The van der Waals surface area contributed by atoms with Crippen molar-refractivity contribution in [1.29, 1.82) is 0 Å². The van der Waals surface area contributed by atoms with Crippen LogP contribution in [0.25, 0.3) is 10.9 Å². The van der Waals surface area contributed by atoms with E-state index < -0.39 is 0 Å². The molecule has 0 aliphatic heterocycles. The Bertz CT molecular complexity index is 533. The maximum atomic E-state index is 6.22. The first-order valence-corrected chi connectivity index (χ1v) is 7.97. The first-order valence-electron chi connectivity index (χ1n) is 6.82. The van der Waals surface area contributed by atoms with E-state index in [1.807, 2.05) is 29.6 Å². The van der Waals surface area contributed by atoms with E-state index in [2.05, 4.69) is 37.1 Å². The summed E-state index contributed by atoms with van der Waals surface area (Å²) in [5.74, 6) is 2.91. The first-order chi connectivity index (χ1) is 9.08. The molecule has 1 unspecified atom stereocenters. The van der Waals surface area contributed by atoms with Crippen LogP contribution in [0.15, 0.2) is 24.3 Å². The summed E-state index contributed by atoms with van der Waals surface area (Å²) >= 11 is 1.94. The normalized spacial score (nSPS) is 13.3. The van der Waals surface area contributed by atoms with Crippen molar-refractivity contribution in [1.82, 2.24) is 9.78 Å². The molecule has 1 aromatic heterocycles.